The van der Waals surface area contributed by atoms with Crippen LogP contribution in [0.5, 0.6) is 0 Å². The van der Waals surface area contributed by atoms with Gasteiger partial charge in [-0.3, -0.25) is 4.79 Å². The summed E-state index contributed by atoms with van der Waals surface area (Å²) in [5.41, 5.74) is 2.48. The molecule has 6 nitrogen and oxygen atoms in total. The van der Waals surface area contributed by atoms with E-state index in [4.69, 9.17) is 0 Å². The highest BCUT2D eigenvalue weighted by molar-refractivity contribution is 7.90. The summed E-state index contributed by atoms with van der Waals surface area (Å²) in [5, 5.41) is 2.97. The fourth-order valence-corrected chi connectivity index (χ4v) is 4.90. The van der Waals surface area contributed by atoms with Gasteiger partial charge in [-0.15, -0.1) is 4.40 Å². The van der Waals surface area contributed by atoms with E-state index in [2.05, 4.69) is 16.6 Å². The number of benzene rings is 2. The Morgan fingerprint density at radius 2 is 2.04 bits per heavy atom. The monoisotopic (exact) mass is 383 g/mol. The van der Waals surface area contributed by atoms with Crippen molar-refractivity contribution in [3.63, 3.8) is 0 Å². The van der Waals surface area contributed by atoms with Crippen molar-refractivity contribution in [2.75, 3.05) is 11.9 Å². The van der Waals surface area contributed by atoms with Gasteiger partial charge in [-0.1, -0.05) is 31.2 Å². The Balaban J connectivity index is 1.60. The molecule has 2 heterocycles. The normalized spacial score (nSPS) is 20.3. The van der Waals surface area contributed by atoms with Gasteiger partial charge in [0.1, 0.15) is 10.9 Å². The first-order valence-electron chi connectivity index (χ1n) is 9.10. The van der Waals surface area contributed by atoms with Crippen molar-refractivity contribution in [1.82, 2.24) is 4.90 Å². The van der Waals surface area contributed by atoms with Crippen LogP contribution in [-0.4, -0.2) is 37.6 Å². The number of amidine groups is 1. The van der Waals surface area contributed by atoms with Crippen molar-refractivity contribution >= 4 is 27.5 Å². The zero-order valence-corrected chi connectivity index (χ0v) is 15.9. The van der Waals surface area contributed by atoms with Crippen LogP contribution in [0.3, 0.4) is 0 Å². The molecule has 0 bridgehead atoms. The first kappa shape index (κ1) is 17.7. The summed E-state index contributed by atoms with van der Waals surface area (Å²) in [4.78, 5) is 14.9. The molecule has 2 aromatic rings. The first-order valence-corrected chi connectivity index (χ1v) is 10.5. The summed E-state index contributed by atoms with van der Waals surface area (Å²) in [7, 11) is -3.69. The van der Waals surface area contributed by atoms with Gasteiger partial charge in [0.2, 0.25) is 5.91 Å². The predicted octanol–water partition coefficient (Wildman–Crippen LogP) is 2.80. The molecule has 0 spiro atoms. The molecule has 1 amide bonds. The molecule has 2 aromatic carbocycles. The lowest BCUT2D eigenvalue weighted by atomic mass is 10.1. The molecule has 0 aromatic heterocycles. The number of sulfonamides is 1. The third-order valence-corrected chi connectivity index (χ3v) is 6.37. The molecular weight excluding hydrogens is 362 g/mol. The minimum atomic E-state index is -3.69. The number of nitrogens with one attached hydrogen (secondary N) is 1. The lowest BCUT2D eigenvalue weighted by Crippen LogP contribution is -2.43. The van der Waals surface area contributed by atoms with Gasteiger partial charge in [0.15, 0.2) is 5.84 Å². The number of hydrogen-bond donors (Lipinski definition) is 1. The topological polar surface area (TPSA) is 78.8 Å². The molecule has 0 aliphatic carbocycles. The molecular formula is C20H21N3O3S. The molecule has 1 N–H and O–H groups in total. The number of carbonyl (C=O) groups excluding carboxylic acids is 1. The Kier molecular flexibility index (Phi) is 4.47. The minimum absolute atomic E-state index is 0.134. The predicted molar refractivity (Wildman–Crippen MR) is 104 cm³/mol. The highest BCUT2D eigenvalue weighted by Crippen LogP contribution is 2.31. The number of aryl methyl sites for hydroxylation is 1. The van der Waals surface area contributed by atoms with Crippen molar-refractivity contribution in [2.24, 2.45) is 4.40 Å². The highest BCUT2D eigenvalue weighted by Gasteiger charge is 2.39. The van der Waals surface area contributed by atoms with Crippen LogP contribution in [-0.2, 0) is 21.2 Å². The van der Waals surface area contributed by atoms with Crippen molar-refractivity contribution in [3.8, 4) is 0 Å². The van der Waals surface area contributed by atoms with Gasteiger partial charge in [0.25, 0.3) is 10.0 Å². The number of carbonyl (C=O) groups is 1. The Morgan fingerprint density at radius 3 is 2.85 bits per heavy atom. The van der Waals surface area contributed by atoms with E-state index in [0.717, 1.165) is 24.1 Å². The standard InChI is InChI=1S/C20H21N3O3S/c1-2-14-7-5-8-15(13-14)21-20(24)17-10-6-12-23(17)19-16-9-3-4-11-18(16)27(25,26)22-19/h3-5,7-9,11,13,17H,2,6,10,12H2,1H3,(H,21,24)/t17-/m1/s1. The lowest BCUT2D eigenvalue weighted by Gasteiger charge is -2.25. The zero-order valence-electron chi connectivity index (χ0n) is 15.1. The summed E-state index contributed by atoms with van der Waals surface area (Å²) in [6, 6.07) is 14.1. The summed E-state index contributed by atoms with van der Waals surface area (Å²) < 4.78 is 28.7. The molecule has 140 valence electrons. The largest absolute Gasteiger partial charge is 0.343 e. The van der Waals surface area contributed by atoms with Crippen LogP contribution in [0.25, 0.3) is 0 Å². The smallest absolute Gasteiger partial charge is 0.285 e. The van der Waals surface area contributed by atoms with E-state index < -0.39 is 16.1 Å². The highest BCUT2D eigenvalue weighted by atomic mass is 32.2. The Bertz CT molecular complexity index is 1030. The molecule has 1 saturated heterocycles. The minimum Gasteiger partial charge on any atom is -0.343 e. The quantitative estimate of drug-likeness (QED) is 0.884. The van der Waals surface area contributed by atoms with E-state index in [1.54, 1.807) is 24.3 Å². The third kappa shape index (κ3) is 3.23. The van der Waals surface area contributed by atoms with Gasteiger partial charge >= 0.3 is 0 Å². The molecule has 4 rings (SSSR count). The fraction of sp³-hybridized carbons (Fsp3) is 0.300. The van der Waals surface area contributed by atoms with E-state index in [1.807, 2.05) is 29.2 Å². The van der Waals surface area contributed by atoms with Gasteiger partial charge in [-0.25, -0.2) is 0 Å². The van der Waals surface area contributed by atoms with E-state index in [9.17, 15) is 13.2 Å². The molecule has 7 heteroatoms. The van der Waals surface area contributed by atoms with E-state index in [1.165, 1.54) is 0 Å². The first-order chi connectivity index (χ1) is 13.0. The second-order valence-corrected chi connectivity index (χ2v) is 8.35. The molecule has 0 saturated carbocycles. The Hall–Kier alpha value is -2.67. The molecule has 0 radical (unpaired) electrons. The van der Waals surface area contributed by atoms with Crippen molar-refractivity contribution in [3.05, 3.63) is 59.7 Å². The number of rotatable bonds is 3. The van der Waals surface area contributed by atoms with Gasteiger partial charge < -0.3 is 10.2 Å². The third-order valence-electron chi connectivity index (χ3n) is 5.04. The van der Waals surface area contributed by atoms with Crippen molar-refractivity contribution in [2.45, 2.75) is 37.1 Å². The van der Waals surface area contributed by atoms with Gasteiger partial charge in [0, 0.05) is 17.8 Å². The molecule has 0 unspecified atom stereocenters. The van der Waals surface area contributed by atoms with Gasteiger partial charge in [-0.2, -0.15) is 8.42 Å². The summed E-state index contributed by atoms with van der Waals surface area (Å²) >= 11 is 0. The maximum absolute atomic E-state index is 12.9. The Labute approximate surface area is 159 Å². The SMILES string of the molecule is CCc1cccc(NC(=O)[C@H]2CCCN2C2=NS(=O)(=O)c3ccccc32)c1. The number of likely N-dealkylation sites (tertiary alicyclic amines) is 1. The van der Waals surface area contributed by atoms with Crippen molar-refractivity contribution < 1.29 is 13.2 Å². The maximum atomic E-state index is 12.9. The average Bonchev–Trinajstić information content (AvgIpc) is 3.25. The second kappa shape index (κ2) is 6.81. The van der Waals surface area contributed by atoms with Crippen LogP contribution in [0.1, 0.15) is 30.9 Å². The number of nitrogens with zero attached hydrogens (tertiary/aromatic N) is 2. The van der Waals surface area contributed by atoms with Crippen LogP contribution < -0.4 is 5.32 Å². The van der Waals surface area contributed by atoms with E-state index in [0.29, 0.717) is 24.4 Å². The lowest BCUT2D eigenvalue weighted by molar-refractivity contribution is -0.119. The van der Waals surface area contributed by atoms with E-state index >= 15 is 0 Å². The number of hydrogen-bond acceptors (Lipinski definition) is 4. The van der Waals surface area contributed by atoms with Crippen molar-refractivity contribution in [1.29, 1.82) is 0 Å². The molecule has 1 atom stereocenters. The summed E-state index contributed by atoms with van der Waals surface area (Å²) in [6.07, 6.45) is 2.37. The fourth-order valence-electron chi connectivity index (χ4n) is 3.68. The zero-order chi connectivity index (χ0) is 19.0. The summed E-state index contributed by atoms with van der Waals surface area (Å²) in [6.45, 7) is 2.67. The van der Waals surface area contributed by atoms with Crippen LogP contribution in [0, 0.1) is 0 Å². The van der Waals surface area contributed by atoms with E-state index in [-0.39, 0.29) is 10.8 Å². The van der Waals surface area contributed by atoms with Crippen LogP contribution in [0.2, 0.25) is 0 Å². The molecule has 1 fully saturated rings. The van der Waals surface area contributed by atoms with Crippen LogP contribution in [0.4, 0.5) is 5.69 Å². The summed E-state index contributed by atoms with van der Waals surface area (Å²) in [5.74, 6) is 0.246. The number of amides is 1. The van der Waals surface area contributed by atoms with Crippen LogP contribution >= 0.6 is 0 Å². The maximum Gasteiger partial charge on any atom is 0.285 e. The van der Waals surface area contributed by atoms with Gasteiger partial charge in [-0.05, 0) is 49.1 Å². The molecule has 2 aliphatic rings. The molecule has 27 heavy (non-hydrogen) atoms. The number of anilines is 1. The molecule has 2 aliphatic heterocycles. The number of fused-ring (bicyclic) bond motifs is 1. The van der Waals surface area contributed by atoms with Gasteiger partial charge in [0.05, 0.1) is 0 Å². The average molecular weight is 383 g/mol. The van der Waals surface area contributed by atoms with Crippen LogP contribution in [0.15, 0.2) is 57.8 Å². The second-order valence-electron chi connectivity index (χ2n) is 6.78. The Morgan fingerprint density at radius 1 is 1.22 bits per heavy atom.